The lowest BCUT2D eigenvalue weighted by molar-refractivity contribution is 0.343. The molecule has 5 heteroatoms. The summed E-state index contributed by atoms with van der Waals surface area (Å²) in [4.78, 5) is 2.18. The van der Waals surface area contributed by atoms with E-state index in [4.69, 9.17) is 5.73 Å². The van der Waals surface area contributed by atoms with Crippen LogP contribution in [0.5, 0.6) is 0 Å². The van der Waals surface area contributed by atoms with Crippen LogP contribution in [0.4, 0.5) is 11.5 Å². The van der Waals surface area contributed by atoms with Crippen molar-refractivity contribution in [2.24, 2.45) is 13.0 Å². The highest BCUT2D eigenvalue weighted by atomic mass is 15.3. The van der Waals surface area contributed by atoms with E-state index >= 15 is 0 Å². The first kappa shape index (κ1) is 13.8. The number of nitrogens with zero attached hydrogens (tertiary/aromatic N) is 3. The topological polar surface area (TPSA) is 59.1 Å². The highest BCUT2D eigenvalue weighted by Gasteiger charge is 2.18. The Bertz CT molecular complexity index is 367. The van der Waals surface area contributed by atoms with Crippen LogP contribution in [0.25, 0.3) is 0 Å². The summed E-state index contributed by atoms with van der Waals surface area (Å²) in [6.45, 7) is 7.32. The molecule has 0 radical (unpaired) electrons. The van der Waals surface area contributed by atoms with E-state index in [0.717, 1.165) is 23.7 Å². The average molecular weight is 239 g/mol. The summed E-state index contributed by atoms with van der Waals surface area (Å²) in [6, 6.07) is 0.363. The van der Waals surface area contributed by atoms with Crippen LogP contribution in [0.2, 0.25) is 0 Å². The number of aryl methyl sites for hydroxylation is 2. The summed E-state index contributed by atoms with van der Waals surface area (Å²) in [6.07, 6.45) is 0. The average Bonchev–Trinajstić information content (AvgIpc) is 2.43. The molecule has 0 saturated heterocycles. The molecule has 0 bridgehead atoms. The fraction of sp³-hybridized carbons (Fsp3) is 0.750. The van der Waals surface area contributed by atoms with Gasteiger partial charge in [-0.05, 0) is 26.9 Å². The van der Waals surface area contributed by atoms with Crippen molar-refractivity contribution in [1.82, 2.24) is 14.7 Å². The molecule has 0 aliphatic rings. The molecular formula is C12H25N5. The molecule has 0 fully saturated rings. The second-order valence-electron chi connectivity index (χ2n) is 5.23. The van der Waals surface area contributed by atoms with E-state index < -0.39 is 0 Å². The van der Waals surface area contributed by atoms with E-state index in [1.165, 1.54) is 0 Å². The van der Waals surface area contributed by atoms with E-state index in [9.17, 15) is 0 Å². The highest BCUT2D eigenvalue weighted by Crippen LogP contribution is 2.23. The molecule has 0 aromatic carbocycles. The van der Waals surface area contributed by atoms with Crippen molar-refractivity contribution >= 4 is 11.5 Å². The van der Waals surface area contributed by atoms with Crippen molar-refractivity contribution in [2.75, 3.05) is 31.7 Å². The first-order valence-electron chi connectivity index (χ1n) is 6.03. The molecule has 1 aromatic rings. The molecule has 0 aliphatic heterocycles. The maximum Gasteiger partial charge on any atom is 0.148 e. The van der Waals surface area contributed by atoms with Crippen LogP contribution in [0.3, 0.4) is 0 Å². The minimum atomic E-state index is 0.363. The normalized spacial score (nSPS) is 13.4. The first-order valence-corrected chi connectivity index (χ1v) is 6.03. The minimum Gasteiger partial charge on any atom is -0.394 e. The van der Waals surface area contributed by atoms with Crippen LogP contribution < -0.4 is 11.1 Å². The second-order valence-corrected chi connectivity index (χ2v) is 5.23. The molecule has 1 heterocycles. The Labute approximate surface area is 104 Å². The maximum atomic E-state index is 6.02. The predicted octanol–water partition coefficient (Wildman–Crippen LogP) is 1.31. The number of likely N-dealkylation sites (N-methyl/N-ethyl adjacent to an activating group) is 1. The number of hydrogen-bond donors (Lipinski definition) is 2. The van der Waals surface area contributed by atoms with Gasteiger partial charge in [0.1, 0.15) is 5.82 Å². The summed E-state index contributed by atoms with van der Waals surface area (Å²) in [5.41, 5.74) is 7.65. The van der Waals surface area contributed by atoms with Crippen LogP contribution in [-0.2, 0) is 7.05 Å². The number of nitrogens with one attached hydrogen (secondary N) is 1. The van der Waals surface area contributed by atoms with Crippen molar-refractivity contribution in [1.29, 1.82) is 0 Å². The third-order valence-electron chi connectivity index (χ3n) is 2.96. The van der Waals surface area contributed by atoms with E-state index in [2.05, 4.69) is 43.3 Å². The van der Waals surface area contributed by atoms with Crippen LogP contribution in [0.1, 0.15) is 19.5 Å². The Morgan fingerprint density at radius 1 is 1.41 bits per heavy atom. The lowest BCUT2D eigenvalue weighted by Crippen LogP contribution is -2.37. The molecule has 0 aliphatic carbocycles. The number of nitrogens with two attached hydrogens (primary N) is 1. The first-order chi connectivity index (χ1) is 7.82. The summed E-state index contributed by atoms with van der Waals surface area (Å²) in [7, 11) is 6.07. The lowest BCUT2D eigenvalue weighted by Gasteiger charge is -2.26. The van der Waals surface area contributed by atoms with Gasteiger partial charge in [-0.25, -0.2) is 0 Å². The van der Waals surface area contributed by atoms with Gasteiger partial charge in [0, 0.05) is 19.6 Å². The fourth-order valence-electron chi connectivity index (χ4n) is 1.84. The second kappa shape index (κ2) is 5.40. The quantitative estimate of drug-likeness (QED) is 0.813. The third-order valence-corrected chi connectivity index (χ3v) is 2.96. The van der Waals surface area contributed by atoms with Crippen LogP contribution in [-0.4, -0.2) is 41.4 Å². The van der Waals surface area contributed by atoms with E-state index in [1.54, 1.807) is 0 Å². The Morgan fingerprint density at radius 2 is 2.00 bits per heavy atom. The van der Waals surface area contributed by atoms with Gasteiger partial charge in [-0.1, -0.05) is 13.8 Å². The van der Waals surface area contributed by atoms with Crippen LogP contribution in [0.15, 0.2) is 0 Å². The molecule has 5 nitrogen and oxygen atoms in total. The van der Waals surface area contributed by atoms with Crippen molar-refractivity contribution in [3.05, 3.63) is 5.69 Å². The van der Waals surface area contributed by atoms with Gasteiger partial charge in [0.05, 0.1) is 11.4 Å². The van der Waals surface area contributed by atoms with Crippen molar-refractivity contribution in [2.45, 2.75) is 26.8 Å². The Morgan fingerprint density at radius 3 is 2.35 bits per heavy atom. The Kier molecular flexibility index (Phi) is 4.40. The molecule has 17 heavy (non-hydrogen) atoms. The molecule has 98 valence electrons. The summed E-state index contributed by atoms with van der Waals surface area (Å²) in [5, 5.41) is 7.82. The van der Waals surface area contributed by atoms with Gasteiger partial charge in [-0.3, -0.25) is 4.68 Å². The number of aromatic nitrogens is 2. The zero-order valence-electron chi connectivity index (χ0n) is 11.8. The number of anilines is 2. The molecule has 3 N–H and O–H groups in total. The standard InChI is InChI=1S/C12H25N5/c1-8(2)10(7-16(4)5)14-12-11(13)9(3)15-17(12)6/h8,10,14H,7,13H2,1-6H3. The molecule has 0 spiro atoms. The van der Waals surface area contributed by atoms with E-state index in [-0.39, 0.29) is 0 Å². The van der Waals surface area contributed by atoms with Gasteiger partial charge in [-0.15, -0.1) is 0 Å². The highest BCUT2D eigenvalue weighted by molar-refractivity contribution is 5.65. The SMILES string of the molecule is Cc1nn(C)c(NC(CN(C)C)C(C)C)c1N. The molecular weight excluding hydrogens is 214 g/mol. The van der Waals surface area contributed by atoms with E-state index in [1.807, 2.05) is 18.7 Å². The number of rotatable bonds is 5. The van der Waals surface area contributed by atoms with Gasteiger partial charge in [-0.2, -0.15) is 5.10 Å². The lowest BCUT2D eigenvalue weighted by atomic mass is 10.0. The molecule has 1 aromatic heterocycles. The molecule has 1 rings (SSSR count). The van der Waals surface area contributed by atoms with Gasteiger partial charge in [0.2, 0.25) is 0 Å². The maximum absolute atomic E-state index is 6.02. The Hall–Kier alpha value is -1.23. The van der Waals surface area contributed by atoms with Gasteiger partial charge in [0.25, 0.3) is 0 Å². The van der Waals surface area contributed by atoms with Gasteiger partial charge in [0.15, 0.2) is 0 Å². The smallest absolute Gasteiger partial charge is 0.148 e. The Balaban J connectivity index is 2.86. The molecule has 0 amide bonds. The van der Waals surface area contributed by atoms with Crippen molar-refractivity contribution < 1.29 is 0 Å². The largest absolute Gasteiger partial charge is 0.394 e. The molecule has 1 unspecified atom stereocenters. The number of nitrogen functional groups attached to an aromatic ring is 1. The minimum absolute atomic E-state index is 0.363. The summed E-state index contributed by atoms with van der Waals surface area (Å²) >= 11 is 0. The van der Waals surface area contributed by atoms with Crippen LogP contribution in [0, 0.1) is 12.8 Å². The summed E-state index contributed by atoms with van der Waals surface area (Å²) < 4.78 is 1.82. The summed E-state index contributed by atoms with van der Waals surface area (Å²) in [5.74, 6) is 1.45. The van der Waals surface area contributed by atoms with Crippen molar-refractivity contribution in [3.8, 4) is 0 Å². The molecule has 1 atom stereocenters. The zero-order valence-corrected chi connectivity index (χ0v) is 11.8. The van der Waals surface area contributed by atoms with Crippen LogP contribution >= 0.6 is 0 Å². The fourth-order valence-corrected chi connectivity index (χ4v) is 1.84. The zero-order chi connectivity index (χ0) is 13.2. The monoisotopic (exact) mass is 239 g/mol. The number of hydrogen-bond acceptors (Lipinski definition) is 4. The third kappa shape index (κ3) is 3.36. The van der Waals surface area contributed by atoms with Gasteiger partial charge < -0.3 is 16.0 Å². The van der Waals surface area contributed by atoms with E-state index in [0.29, 0.717) is 12.0 Å². The molecule has 0 saturated carbocycles. The predicted molar refractivity (Wildman–Crippen MR) is 73.2 cm³/mol. The van der Waals surface area contributed by atoms with Gasteiger partial charge >= 0.3 is 0 Å². The van der Waals surface area contributed by atoms with Crippen molar-refractivity contribution in [3.63, 3.8) is 0 Å².